The molecule has 0 aromatic heterocycles. The zero-order chi connectivity index (χ0) is 21.2. The lowest BCUT2D eigenvalue weighted by Crippen LogP contribution is -2.40. The van der Waals surface area contributed by atoms with E-state index in [1.54, 1.807) is 0 Å². The Labute approximate surface area is 180 Å². The maximum atomic E-state index is 12.0. The Kier molecular flexibility index (Phi) is 8.66. The van der Waals surface area contributed by atoms with Crippen LogP contribution in [-0.2, 0) is 14.3 Å². The standard InChI is InChI=1S/C26H33NO3/c1-3-30-26(28)23-13-9-15-27(19-23)16-17-29-20-24(18-22-11-5-4-6-12-22)25-14-8-7-10-21(25)2/h4-8,10-12,14,18,23H,3,9,13,15-17,19-20H2,1-2H3. The smallest absolute Gasteiger partial charge is 0.310 e. The molecule has 1 aliphatic heterocycles. The van der Waals surface area contributed by atoms with Crippen LogP contribution < -0.4 is 0 Å². The van der Waals surface area contributed by atoms with Gasteiger partial charge in [-0.1, -0.05) is 54.6 Å². The summed E-state index contributed by atoms with van der Waals surface area (Å²) in [6.45, 7) is 8.29. The Morgan fingerprint density at radius 3 is 2.67 bits per heavy atom. The number of piperidine rings is 1. The maximum Gasteiger partial charge on any atom is 0.310 e. The second-order valence-electron chi connectivity index (χ2n) is 7.84. The number of benzene rings is 2. The lowest BCUT2D eigenvalue weighted by atomic mass is 9.98. The maximum absolute atomic E-state index is 12.0. The number of likely N-dealkylation sites (tertiary alicyclic amines) is 1. The van der Waals surface area contributed by atoms with Crippen LogP contribution >= 0.6 is 0 Å². The molecular weight excluding hydrogens is 374 g/mol. The summed E-state index contributed by atoms with van der Waals surface area (Å²) < 4.78 is 11.3. The molecule has 1 heterocycles. The monoisotopic (exact) mass is 407 g/mol. The summed E-state index contributed by atoms with van der Waals surface area (Å²) in [6.07, 6.45) is 4.17. The van der Waals surface area contributed by atoms with Crippen LogP contribution in [0.25, 0.3) is 11.6 Å². The molecule has 4 nitrogen and oxygen atoms in total. The van der Waals surface area contributed by atoms with E-state index >= 15 is 0 Å². The van der Waals surface area contributed by atoms with Gasteiger partial charge in [0.1, 0.15) is 0 Å². The van der Waals surface area contributed by atoms with Crippen LogP contribution in [0.15, 0.2) is 54.6 Å². The minimum atomic E-state index is -0.0595. The van der Waals surface area contributed by atoms with Gasteiger partial charge in [-0.2, -0.15) is 0 Å². The van der Waals surface area contributed by atoms with Crippen LogP contribution in [0.5, 0.6) is 0 Å². The summed E-state index contributed by atoms with van der Waals surface area (Å²) in [6, 6.07) is 18.8. The van der Waals surface area contributed by atoms with E-state index in [-0.39, 0.29) is 11.9 Å². The average Bonchev–Trinajstić information content (AvgIpc) is 2.77. The van der Waals surface area contributed by atoms with E-state index in [0.29, 0.717) is 19.8 Å². The minimum absolute atomic E-state index is 0.000735. The Morgan fingerprint density at radius 1 is 1.13 bits per heavy atom. The third kappa shape index (κ3) is 6.54. The number of carbonyl (C=O) groups is 1. The largest absolute Gasteiger partial charge is 0.466 e. The van der Waals surface area contributed by atoms with Crippen molar-refractivity contribution in [1.29, 1.82) is 0 Å². The molecule has 0 saturated carbocycles. The second-order valence-corrected chi connectivity index (χ2v) is 7.84. The quantitative estimate of drug-likeness (QED) is 0.339. The highest BCUT2D eigenvalue weighted by atomic mass is 16.5. The molecule has 0 aliphatic carbocycles. The van der Waals surface area contributed by atoms with E-state index in [4.69, 9.17) is 9.47 Å². The number of rotatable bonds is 9. The van der Waals surface area contributed by atoms with Crippen LogP contribution in [0.1, 0.15) is 36.5 Å². The van der Waals surface area contributed by atoms with Gasteiger partial charge in [0.2, 0.25) is 0 Å². The number of hydrogen-bond acceptors (Lipinski definition) is 4. The van der Waals surface area contributed by atoms with Crippen molar-refractivity contribution in [1.82, 2.24) is 4.90 Å². The van der Waals surface area contributed by atoms with Crippen LogP contribution in [0.3, 0.4) is 0 Å². The summed E-state index contributed by atoms with van der Waals surface area (Å²) >= 11 is 0. The van der Waals surface area contributed by atoms with Crippen molar-refractivity contribution in [2.24, 2.45) is 5.92 Å². The molecule has 1 unspecified atom stereocenters. The van der Waals surface area contributed by atoms with Crippen LogP contribution in [-0.4, -0.2) is 50.3 Å². The number of nitrogens with zero attached hydrogens (tertiary/aromatic N) is 1. The Balaban J connectivity index is 1.57. The molecule has 30 heavy (non-hydrogen) atoms. The molecule has 1 atom stereocenters. The normalized spacial score (nSPS) is 17.7. The SMILES string of the molecule is CCOC(=O)C1CCCN(CCOCC(=Cc2ccccc2)c2ccccc2C)C1. The van der Waals surface area contributed by atoms with Crippen LogP contribution in [0.2, 0.25) is 0 Å². The topological polar surface area (TPSA) is 38.8 Å². The Hall–Kier alpha value is -2.43. The lowest BCUT2D eigenvalue weighted by molar-refractivity contribution is -0.150. The van der Waals surface area contributed by atoms with E-state index < -0.39 is 0 Å². The number of hydrogen-bond donors (Lipinski definition) is 0. The summed E-state index contributed by atoms with van der Waals surface area (Å²) in [4.78, 5) is 14.4. The number of aryl methyl sites for hydroxylation is 1. The van der Waals surface area contributed by atoms with Crippen LogP contribution in [0.4, 0.5) is 0 Å². The van der Waals surface area contributed by atoms with Crippen LogP contribution in [0, 0.1) is 12.8 Å². The molecular formula is C26H33NO3. The third-order valence-electron chi connectivity index (χ3n) is 5.57. The molecule has 4 heteroatoms. The minimum Gasteiger partial charge on any atom is -0.466 e. The van der Waals surface area contributed by atoms with E-state index in [2.05, 4.69) is 66.4 Å². The Morgan fingerprint density at radius 2 is 1.90 bits per heavy atom. The molecule has 2 aromatic rings. The molecule has 2 aromatic carbocycles. The molecule has 1 fully saturated rings. The molecule has 160 valence electrons. The van der Waals surface area contributed by atoms with Gasteiger partial charge in [0, 0.05) is 13.1 Å². The molecule has 3 rings (SSSR count). The van der Waals surface area contributed by atoms with Crippen molar-refractivity contribution in [2.75, 3.05) is 39.5 Å². The average molecular weight is 408 g/mol. The van der Waals surface area contributed by atoms with E-state index in [9.17, 15) is 4.79 Å². The third-order valence-corrected chi connectivity index (χ3v) is 5.57. The van der Waals surface area contributed by atoms with Crippen molar-refractivity contribution in [3.8, 4) is 0 Å². The highest BCUT2D eigenvalue weighted by Gasteiger charge is 2.26. The fraction of sp³-hybridized carbons (Fsp3) is 0.423. The van der Waals surface area contributed by atoms with Gasteiger partial charge in [0.25, 0.3) is 0 Å². The number of carbonyl (C=O) groups excluding carboxylic acids is 1. The molecule has 0 spiro atoms. The summed E-state index contributed by atoms with van der Waals surface area (Å²) in [7, 11) is 0. The number of ether oxygens (including phenoxy) is 2. The first kappa shape index (κ1) is 22.3. The molecule has 1 aliphatic rings. The predicted molar refractivity (Wildman–Crippen MR) is 122 cm³/mol. The fourth-order valence-corrected chi connectivity index (χ4v) is 3.97. The van der Waals surface area contributed by atoms with Gasteiger partial charge in [-0.05, 0) is 61.6 Å². The van der Waals surface area contributed by atoms with E-state index in [1.165, 1.54) is 22.3 Å². The van der Waals surface area contributed by atoms with Crippen molar-refractivity contribution in [2.45, 2.75) is 26.7 Å². The lowest BCUT2D eigenvalue weighted by Gasteiger charge is -2.31. The van der Waals surface area contributed by atoms with E-state index in [0.717, 1.165) is 32.5 Å². The van der Waals surface area contributed by atoms with Gasteiger partial charge in [-0.3, -0.25) is 4.79 Å². The van der Waals surface area contributed by atoms with Crippen molar-refractivity contribution >= 4 is 17.6 Å². The molecule has 0 radical (unpaired) electrons. The van der Waals surface area contributed by atoms with Crippen molar-refractivity contribution < 1.29 is 14.3 Å². The molecule has 1 saturated heterocycles. The summed E-state index contributed by atoms with van der Waals surface area (Å²) in [5, 5.41) is 0. The molecule has 0 amide bonds. The summed E-state index contributed by atoms with van der Waals surface area (Å²) in [5.41, 5.74) is 4.83. The van der Waals surface area contributed by atoms with Gasteiger partial charge < -0.3 is 14.4 Å². The zero-order valence-electron chi connectivity index (χ0n) is 18.2. The summed E-state index contributed by atoms with van der Waals surface area (Å²) in [5.74, 6) is -0.0602. The molecule has 0 bridgehead atoms. The van der Waals surface area contributed by atoms with Gasteiger partial charge >= 0.3 is 5.97 Å². The van der Waals surface area contributed by atoms with Gasteiger partial charge in [-0.15, -0.1) is 0 Å². The first-order chi connectivity index (χ1) is 14.7. The van der Waals surface area contributed by atoms with E-state index in [1.807, 2.05) is 13.0 Å². The highest BCUT2D eigenvalue weighted by Crippen LogP contribution is 2.22. The fourth-order valence-electron chi connectivity index (χ4n) is 3.97. The number of esters is 1. The van der Waals surface area contributed by atoms with Gasteiger partial charge in [0.15, 0.2) is 0 Å². The predicted octanol–water partition coefficient (Wildman–Crippen LogP) is 4.83. The highest BCUT2D eigenvalue weighted by molar-refractivity contribution is 5.83. The zero-order valence-corrected chi connectivity index (χ0v) is 18.2. The Bertz CT molecular complexity index is 831. The van der Waals surface area contributed by atoms with Crippen molar-refractivity contribution in [3.05, 3.63) is 71.3 Å². The first-order valence-corrected chi connectivity index (χ1v) is 11.0. The van der Waals surface area contributed by atoms with Gasteiger partial charge in [-0.25, -0.2) is 0 Å². The first-order valence-electron chi connectivity index (χ1n) is 11.0. The second kappa shape index (κ2) is 11.7. The van der Waals surface area contributed by atoms with Gasteiger partial charge in [0.05, 0.1) is 25.7 Å². The van der Waals surface area contributed by atoms with Crippen molar-refractivity contribution in [3.63, 3.8) is 0 Å². The molecule has 0 N–H and O–H groups in total.